The van der Waals surface area contributed by atoms with Crippen molar-refractivity contribution in [2.24, 2.45) is 0 Å². The molecule has 8 nitrogen and oxygen atoms in total. The molecule has 0 radical (unpaired) electrons. The van der Waals surface area contributed by atoms with E-state index in [1.165, 1.54) is 4.90 Å². The Labute approximate surface area is 299 Å². The fourth-order valence-corrected chi connectivity index (χ4v) is 6.27. The zero-order valence-corrected chi connectivity index (χ0v) is 28.4. The first kappa shape index (κ1) is 35.7. The minimum absolute atomic E-state index is 0.0261. The van der Waals surface area contributed by atoms with Gasteiger partial charge in [0.25, 0.3) is 0 Å². The van der Waals surface area contributed by atoms with Crippen LogP contribution in [0.15, 0.2) is 152 Å². The van der Waals surface area contributed by atoms with Gasteiger partial charge in [0.1, 0.15) is 37.2 Å². The molecular weight excluding hydrogens is 642 g/mol. The standard InChI is InChI=1S/C43H43NO7/c45-26-38-40(48-28-34-18-8-2-9-19-34)42(50-30-36-22-12-4-13-23-36)41(49-29-35-20-10-3-11-21-35)39(32-47-27-33-16-6-1-7-17-33)44(38)43(46)51-31-37-24-14-5-15-25-37/h1-26,38-42H,27-32H2/t38-,39-,40+,41+,42-/m1/s1. The molecule has 0 spiro atoms. The minimum atomic E-state index is -1.07. The van der Waals surface area contributed by atoms with Gasteiger partial charge in [0.15, 0.2) is 0 Å². The lowest BCUT2D eigenvalue weighted by Crippen LogP contribution is -2.70. The number of rotatable bonds is 16. The van der Waals surface area contributed by atoms with Gasteiger partial charge in [-0.3, -0.25) is 4.90 Å². The number of likely N-dealkylation sites (tertiary alicyclic amines) is 1. The van der Waals surface area contributed by atoms with E-state index in [4.69, 9.17) is 23.7 Å². The summed E-state index contributed by atoms with van der Waals surface area (Å²) in [6.45, 7) is 1.03. The molecule has 1 saturated heterocycles. The Kier molecular flexibility index (Phi) is 13.1. The molecule has 0 bridgehead atoms. The molecule has 5 aromatic carbocycles. The number of carbonyl (C=O) groups is 2. The maximum Gasteiger partial charge on any atom is 0.411 e. The topological polar surface area (TPSA) is 83.5 Å². The van der Waals surface area contributed by atoms with Crippen LogP contribution < -0.4 is 0 Å². The molecule has 5 aromatic rings. The van der Waals surface area contributed by atoms with Crippen LogP contribution in [-0.2, 0) is 61.5 Å². The van der Waals surface area contributed by atoms with E-state index in [1.54, 1.807) is 0 Å². The first-order valence-electron chi connectivity index (χ1n) is 17.2. The number of carbonyl (C=O) groups excluding carboxylic acids is 2. The van der Waals surface area contributed by atoms with Crippen LogP contribution >= 0.6 is 0 Å². The van der Waals surface area contributed by atoms with Gasteiger partial charge in [-0.1, -0.05) is 152 Å². The van der Waals surface area contributed by atoms with Crippen molar-refractivity contribution in [3.8, 4) is 0 Å². The van der Waals surface area contributed by atoms with Crippen LogP contribution in [-0.4, -0.2) is 54.3 Å². The van der Waals surface area contributed by atoms with Crippen LogP contribution in [0.2, 0.25) is 0 Å². The maximum atomic E-state index is 14.2. The third-order valence-corrected chi connectivity index (χ3v) is 8.85. The fraction of sp³-hybridized carbons (Fsp3) is 0.256. The van der Waals surface area contributed by atoms with Gasteiger partial charge in [0.05, 0.1) is 39.1 Å². The molecule has 1 amide bonds. The lowest BCUT2D eigenvalue weighted by Gasteiger charge is -2.50. The SMILES string of the molecule is O=C[C@@H]1[C@H](OCc2ccccc2)[C@@H](OCc2ccccc2)[C@@H](OCc2ccccc2)[C@@H](COCc2ccccc2)N1C(=O)OCc1ccccc1. The highest BCUT2D eigenvalue weighted by Gasteiger charge is 2.54. The van der Waals surface area contributed by atoms with Crippen molar-refractivity contribution < 1.29 is 33.3 Å². The summed E-state index contributed by atoms with van der Waals surface area (Å²) in [6.07, 6.45) is -2.37. The van der Waals surface area contributed by atoms with E-state index < -0.39 is 36.5 Å². The molecule has 0 aliphatic carbocycles. The van der Waals surface area contributed by atoms with Crippen molar-refractivity contribution in [3.05, 3.63) is 179 Å². The zero-order valence-electron chi connectivity index (χ0n) is 28.4. The molecule has 5 atom stereocenters. The Bertz CT molecular complexity index is 1740. The summed E-state index contributed by atoms with van der Waals surface area (Å²) >= 11 is 0. The smallest absolute Gasteiger partial charge is 0.411 e. The summed E-state index contributed by atoms with van der Waals surface area (Å²) in [7, 11) is 0. The number of aldehydes is 1. The highest BCUT2D eigenvalue weighted by Crippen LogP contribution is 2.33. The molecule has 0 unspecified atom stereocenters. The molecule has 1 fully saturated rings. The lowest BCUT2D eigenvalue weighted by atomic mass is 9.88. The summed E-state index contributed by atoms with van der Waals surface area (Å²) in [5.74, 6) is 0. The number of hydrogen-bond acceptors (Lipinski definition) is 7. The average molecular weight is 686 g/mol. The predicted octanol–water partition coefficient (Wildman–Crippen LogP) is 7.55. The minimum Gasteiger partial charge on any atom is -0.445 e. The molecule has 262 valence electrons. The van der Waals surface area contributed by atoms with Crippen molar-refractivity contribution in [3.63, 3.8) is 0 Å². The van der Waals surface area contributed by atoms with Gasteiger partial charge in [-0.2, -0.15) is 0 Å². The molecule has 1 aliphatic rings. The molecular formula is C43H43NO7. The molecule has 0 aromatic heterocycles. The van der Waals surface area contributed by atoms with Gasteiger partial charge in [0.2, 0.25) is 0 Å². The third kappa shape index (κ3) is 9.99. The average Bonchev–Trinajstić information content (AvgIpc) is 3.19. The van der Waals surface area contributed by atoms with Crippen molar-refractivity contribution >= 4 is 12.4 Å². The normalized spacial score (nSPS) is 20.1. The van der Waals surface area contributed by atoms with Gasteiger partial charge in [-0.25, -0.2) is 4.79 Å². The number of benzene rings is 5. The molecule has 51 heavy (non-hydrogen) atoms. The van der Waals surface area contributed by atoms with E-state index in [9.17, 15) is 9.59 Å². The monoisotopic (exact) mass is 685 g/mol. The summed E-state index contributed by atoms with van der Waals surface area (Å²) in [6, 6.07) is 46.7. The number of hydrogen-bond donors (Lipinski definition) is 0. The summed E-state index contributed by atoms with van der Waals surface area (Å²) in [5.41, 5.74) is 4.60. The second-order valence-corrected chi connectivity index (χ2v) is 12.4. The highest BCUT2D eigenvalue weighted by molar-refractivity contribution is 5.75. The van der Waals surface area contributed by atoms with Gasteiger partial charge >= 0.3 is 6.09 Å². The largest absolute Gasteiger partial charge is 0.445 e. The highest BCUT2D eigenvalue weighted by atomic mass is 16.6. The summed E-state index contributed by atoms with van der Waals surface area (Å²) in [4.78, 5) is 28.9. The van der Waals surface area contributed by atoms with E-state index in [0.717, 1.165) is 34.1 Å². The molecule has 0 saturated carbocycles. The first-order chi connectivity index (χ1) is 25.2. The van der Waals surface area contributed by atoms with Crippen LogP contribution in [0.4, 0.5) is 4.79 Å². The van der Waals surface area contributed by atoms with Gasteiger partial charge in [-0.15, -0.1) is 0 Å². The van der Waals surface area contributed by atoms with E-state index >= 15 is 0 Å². The quantitative estimate of drug-likeness (QED) is 0.0993. The molecule has 1 aliphatic heterocycles. The Hall–Kier alpha value is -5.12. The van der Waals surface area contributed by atoms with Crippen molar-refractivity contribution in [1.29, 1.82) is 0 Å². The number of nitrogens with zero attached hydrogens (tertiary/aromatic N) is 1. The number of amides is 1. The van der Waals surface area contributed by atoms with Crippen molar-refractivity contribution in [2.75, 3.05) is 6.61 Å². The number of ether oxygens (including phenoxy) is 5. The Balaban J connectivity index is 1.37. The van der Waals surface area contributed by atoms with Crippen LogP contribution in [0, 0.1) is 0 Å². The second-order valence-electron chi connectivity index (χ2n) is 12.4. The summed E-state index contributed by atoms with van der Waals surface area (Å²) in [5, 5.41) is 0. The third-order valence-electron chi connectivity index (χ3n) is 8.85. The van der Waals surface area contributed by atoms with E-state index in [-0.39, 0.29) is 33.0 Å². The summed E-state index contributed by atoms with van der Waals surface area (Å²) < 4.78 is 32.3. The fourth-order valence-electron chi connectivity index (χ4n) is 6.27. The molecule has 8 heteroatoms. The Morgan fingerprint density at radius 2 is 0.863 bits per heavy atom. The lowest BCUT2D eigenvalue weighted by molar-refractivity contribution is -0.219. The first-order valence-corrected chi connectivity index (χ1v) is 17.2. The maximum absolute atomic E-state index is 14.2. The Morgan fingerprint density at radius 1 is 0.490 bits per heavy atom. The van der Waals surface area contributed by atoms with Crippen LogP contribution in [0.25, 0.3) is 0 Å². The number of piperidine rings is 1. The molecule has 6 rings (SSSR count). The zero-order chi connectivity index (χ0) is 35.1. The van der Waals surface area contributed by atoms with E-state index in [1.807, 2.05) is 152 Å². The molecule has 1 heterocycles. The van der Waals surface area contributed by atoms with Gasteiger partial charge in [-0.05, 0) is 27.8 Å². The van der Waals surface area contributed by atoms with Crippen LogP contribution in [0.5, 0.6) is 0 Å². The second kappa shape index (κ2) is 18.8. The predicted molar refractivity (Wildman–Crippen MR) is 193 cm³/mol. The van der Waals surface area contributed by atoms with Crippen LogP contribution in [0.3, 0.4) is 0 Å². The van der Waals surface area contributed by atoms with Crippen molar-refractivity contribution in [2.45, 2.75) is 63.4 Å². The van der Waals surface area contributed by atoms with E-state index in [2.05, 4.69) is 0 Å². The molecule has 0 N–H and O–H groups in total. The van der Waals surface area contributed by atoms with E-state index in [0.29, 0.717) is 6.61 Å². The van der Waals surface area contributed by atoms with Gasteiger partial charge < -0.3 is 28.5 Å². The van der Waals surface area contributed by atoms with Crippen molar-refractivity contribution in [1.82, 2.24) is 4.90 Å². The Morgan fingerprint density at radius 3 is 1.29 bits per heavy atom. The van der Waals surface area contributed by atoms with Crippen LogP contribution in [0.1, 0.15) is 27.8 Å². The van der Waals surface area contributed by atoms with Gasteiger partial charge in [0, 0.05) is 0 Å².